The highest BCUT2D eigenvalue weighted by Crippen LogP contribution is 2.39. The quantitative estimate of drug-likeness (QED) is 0.634. The van der Waals surface area contributed by atoms with Crippen LogP contribution in [0.1, 0.15) is 73.6 Å². The first-order chi connectivity index (χ1) is 8.81. The number of hydrogen-bond donors (Lipinski definition) is 0. The van der Waals surface area contributed by atoms with E-state index in [2.05, 4.69) is 41.5 Å². The Bertz CT molecular complexity index is 279. The zero-order chi connectivity index (χ0) is 14.6. The van der Waals surface area contributed by atoms with Gasteiger partial charge in [0.15, 0.2) is 0 Å². The SMILES string of the molecule is CC(C)CC(C)CC(=O)C1CC(C)CCC1C(C)C. The Morgan fingerprint density at radius 1 is 1.11 bits per heavy atom. The van der Waals surface area contributed by atoms with E-state index in [1.807, 2.05) is 0 Å². The van der Waals surface area contributed by atoms with Crippen molar-refractivity contribution in [1.82, 2.24) is 0 Å². The van der Waals surface area contributed by atoms with Crippen LogP contribution in [0.15, 0.2) is 0 Å². The second-order valence-corrected chi connectivity index (χ2v) is 7.84. The molecule has 0 heterocycles. The van der Waals surface area contributed by atoms with Crippen LogP contribution in [0.5, 0.6) is 0 Å². The summed E-state index contributed by atoms with van der Waals surface area (Å²) in [5.74, 6) is 4.18. The third kappa shape index (κ3) is 5.28. The molecule has 1 heteroatoms. The summed E-state index contributed by atoms with van der Waals surface area (Å²) in [6, 6.07) is 0. The molecular formula is C18H34O. The zero-order valence-corrected chi connectivity index (χ0v) is 13.9. The van der Waals surface area contributed by atoms with E-state index < -0.39 is 0 Å². The van der Waals surface area contributed by atoms with Gasteiger partial charge in [-0.05, 0) is 48.9 Å². The van der Waals surface area contributed by atoms with Crippen molar-refractivity contribution in [2.24, 2.45) is 35.5 Å². The molecule has 1 nitrogen and oxygen atoms in total. The maximum atomic E-state index is 12.7. The minimum atomic E-state index is 0.346. The molecule has 4 atom stereocenters. The molecule has 0 aromatic heterocycles. The van der Waals surface area contributed by atoms with Crippen LogP contribution < -0.4 is 0 Å². The highest BCUT2D eigenvalue weighted by Gasteiger charge is 2.35. The zero-order valence-electron chi connectivity index (χ0n) is 13.9. The number of rotatable bonds is 6. The molecule has 1 aliphatic carbocycles. The predicted octanol–water partition coefficient (Wildman–Crippen LogP) is 5.34. The van der Waals surface area contributed by atoms with E-state index in [9.17, 15) is 4.79 Å². The fourth-order valence-electron chi connectivity index (χ4n) is 3.96. The molecule has 0 spiro atoms. The van der Waals surface area contributed by atoms with Crippen LogP contribution in [0.2, 0.25) is 0 Å². The van der Waals surface area contributed by atoms with Crippen molar-refractivity contribution in [3.63, 3.8) is 0 Å². The normalized spacial score (nSPS) is 29.8. The van der Waals surface area contributed by atoms with Gasteiger partial charge in [-0.3, -0.25) is 4.79 Å². The Kier molecular flexibility index (Phi) is 6.56. The lowest BCUT2D eigenvalue weighted by molar-refractivity contribution is -0.128. The molecule has 0 aromatic rings. The molecule has 0 N–H and O–H groups in total. The van der Waals surface area contributed by atoms with E-state index in [0.717, 1.165) is 18.8 Å². The Morgan fingerprint density at radius 2 is 1.74 bits per heavy atom. The topological polar surface area (TPSA) is 17.1 Å². The molecule has 0 saturated heterocycles. The Balaban J connectivity index is 2.60. The molecule has 0 aliphatic heterocycles. The minimum Gasteiger partial charge on any atom is -0.299 e. The highest BCUT2D eigenvalue weighted by atomic mass is 16.1. The fraction of sp³-hybridized carbons (Fsp3) is 0.944. The van der Waals surface area contributed by atoms with Crippen LogP contribution >= 0.6 is 0 Å². The van der Waals surface area contributed by atoms with E-state index in [1.165, 1.54) is 19.3 Å². The van der Waals surface area contributed by atoms with Gasteiger partial charge < -0.3 is 0 Å². The number of ketones is 1. The van der Waals surface area contributed by atoms with Gasteiger partial charge in [-0.1, -0.05) is 48.0 Å². The second-order valence-electron chi connectivity index (χ2n) is 7.84. The summed E-state index contributed by atoms with van der Waals surface area (Å²) in [7, 11) is 0. The number of carbonyl (C=O) groups excluding carboxylic acids is 1. The van der Waals surface area contributed by atoms with Crippen LogP contribution in [0.4, 0.5) is 0 Å². The Morgan fingerprint density at radius 3 is 2.26 bits per heavy atom. The molecule has 1 rings (SSSR count). The third-order valence-electron chi connectivity index (χ3n) is 4.86. The van der Waals surface area contributed by atoms with E-state index in [0.29, 0.717) is 35.4 Å². The summed E-state index contributed by atoms with van der Waals surface area (Å²) in [6.45, 7) is 13.6. The van der Waals surface area contributed by atoms with Crippen molar-refractivity contribution in [2.75, 3.05) is 0 Å². The summed E-state index contributed by atoms with van der Waals surface area (Å²) < 4.78 is 0. The van der Waals surface area contributed by atoms with E-state index in [-0.39, 0.29) is 0 Å². The lowest BCUT2D eigenvalue weighted by Crippen LogP contribution is -2.34. The van der Waals surface area contributed by atoms with E-state index >= 15 is 0 Å². The minimum absolute atomic E-state index is 0.346. The average molecular weight is 266 g/mol. The van der Waals surface area contributed by atoms with Gasteiger partial charge in [0.1, 0.15) is 5.78 Å². The lowest BCUT2D eigenvalue weighted by atomic mass is 9.67. The first kappa shape index (κ1) is 16.7. The van der Waals surface area contributed by atoms with Gasteiger partial charge in [0.25, 0.3) is 0 Å². The van der Waals surface area contributed by atoms with Crippen molar-refractivity contribution in [1.29, 1.82) is 0 Å². The smallest absolute Gasteiger partial charge is 0.136 e. The summed E-state index contributed by atoms with van der Waals surface area (Å²) in [5.41, 5.74) is 0. The molecular weight excluding hydrogens is 232 g/mol. The molecule has 1 aliphatic rings. The average Bonchev–Trinajstić information content (AvgIpc) is 2.26. The van der Waals surface area contributed by atoms with E-state index in [1.54, 1.807) is 0 Å². The van der Waals surface area contributed by atoms with Crippen molar-refractivity contribution >= 4 is 5.78 Å². The summed E-state index contributed by atoms with van der Waals surface area (Å²) in [5, 5.41) is 0. The van der Waals surface area contributed by atoms with Crippen LogP contribution in [-0.2, 0) is 4.79 Å². The van der Waals surface area contributed by atoms with Gasteiger partial charge in [0.2, 0.25) is 0 Å². The molecule has 0 aromatic carbocycles. The molecule has 0 bridgehead atoms. The Hall–Kier alpha value is -0.330. The summed E-state index contributed by atoms with van der Waals surface area (Å²) in [4.78, 5) is 12.7. The number of hydrogen-bond acceptors (Lipinski definition) is 1. The van der Waals surface area contributed by atoms with Crippen LogP contribution in [0, 0.1) is 35.5 Å². The molecule has 0 amide bonds. The molecule has 112 valence electrons. The fourth-order valence-corrected chi connectivity index (χ4v) is 3.96. The lowest BCUT2D eigenvalue weighted by Gasteiger charge is -2.37. The molecule has 19 heavy (non-hydrogen) atoms. The molecule has 1 saturated carbocycles. The van der Waals surface area contributed by atoms with Gasteiger partial charge >= 0.3 is 0 Å². The maximum Gasteiger partial charge on any atom is 0.136 e. The maximum absolute atomic E-state index is 12.7. The molecule has 4 unspecified atom stereocenters. The number of Topliss-reactive ketones (excluding diaryl/α,β-unsaturated/α-hetero) is 1. The Labute approximate surface area is 120 Å². The third-order valence-corrected chi connectivity index (χ3v) is 4.86. The highest BCUT2D eigenvalue weighted by molar-refractivity contribution is 5.81. The van der Waals surface area contributed by atoms with Crippen LogP contribution in [0.25, 0.3) is 0 Å². The van der Waals surface area contributed by atoms with Gasteiger partial charge in [-0.15, -0.1) is 0 Å². The van der Waals surface area contributed by atoms with Gasteiger partial charge in [-0.2, -0.15) is 0 Å². The van der Waals surface area contributed by atoms with Gasteiger partial charge in [0.05, 0.1) is 0 Å². The monoisotopic (exact) mass is 266 g/mol. The standard InChI is InChI=1S/C18H34O/c1-12(2)9-15(6)11-18(19)17-10-14(5)7-8-16(17)13(3)4/h12-17H,7-11H2,1-6H3. The van der Waals surface area contributed by atoms with Crippen molar-refractivity contribution in [3.8, 4) is 0 Å². The summed E-state index contributed by atoms with van der Waals surface area (Å²) in [6.07, 6.45) is 5.69. The first-order valence-electron chi connectivity index (χ1n) is 8.33. The predicted molar refractivity (Wildman–Crippen MR) is 83.1 cm³/mol. The van der Waals surface area contributed by atoms with Crippen molar-refractivity contribution in [2.45, 2.75) is 73.6 Å². The van der Waals surface area contributed by atoms with Crippen molar-refractivity contribution in [3.05, 3.63) is 0 Å². The van der Waals surface area contributed by atoms with Crippen molar-refractivity contribution < 1.29 is 4.79 Å². The number of carbonyl (C=O) groups is 1. The van der Waals surface area contributed by atoms with Crippen LogP contribution in [0.3, 0.4) is 0 Å². The van der Waals surface area contributed by atoms with Crippen LogP contribution in [-0.4, -0.2) is 5.78 Å². The largest absolute Gasteiger partial charge is 0.299 e. The summed E-state index contributed by atoms with van der Waals surface area (Å²) >= 11 is 0. The van der Waals surface area contributed by atoms with Gasteiger partial charge in [0, 0.05) is 12.3 Å². The van der Waals surface area contributed by atoms with E-state index in [4.69, 9.17) is 0 Å². The van der Waals surface area contributed by atoms with Gasteiger partial charge in [-0.25, -0.2) is 0 Å². The molecule has 0 radical (unpaired) electrons. The first-order valence-corrected chi connectivity index (χ1v) is 8.33. The second kappa shape index (κ2) is 7.45. The molecule has 1 fully saturated rings.